The van der Waals surface area contributed by atoms with Crippen LogP contribution in [0.3, 0.4) is 0 Å². The molecule has 0 radical (unpaired) electrons. The molecule has 0 bridgehead atoms. The Morgan fingerprint density at radius 3 is 2.85 bits per heavy atom. The van der Waals surface area contributed by atoms with E-state index in [2.05, 4.69) is 10.0 Å². The zero-order chi connectivity index (χ0) is 9.52. The first-order valence-electron chi connectivity index (χ1n) is 4.09. The van der Waals surface area contributed by atoms with Gasteiger partial charge in [0.05, 0.1) is 0 Å². The SMILES string of the molecule is [N-]=[N+]=NCCCc1ccccc1F. The second-order valence-corrected chi connectivity index (χ2v) is 2.65. The van der Waals surface area contributed by atoms with Crippen molar-refractivity contribution in [3.63, 3.8) is 0 Å². The van der Waals surface area contributed by atoms with Crippen molar-refractivity contribution >= 4 is 0 Å². The summed E-state index contributed by atoms with van der Waals surface area (Å²) in [4.78, 5) is 2.62. The molecule has 68 valence electrons. The highest BCUT2D eigenvalue weighted by Crippen LogP contribution is 2.08. The van der Waals surface area contributed by atoms with Crippen molar-refractivity contribution in [2.45, 2.75) is 12.8 Å². The first kappa shape index (κ1) is 9.55. The van der Waals surface area contributed by atoms with E-state index in [-0.39, 0.29) is 5.82 Å². The second kappa shape index (κ2) is 5.17. The van der Waals surface area contributed by atoms with Crippen LogP contribution in [-0.2, 0) is 6.42 Å². The average molecular weight is 179 g/mol. The molecule has 1 rings (SSSR count). The third kappa shape index (κ3) is 3.13. The molecule has 0 unspecified atom stereocenters. The van der Waals surface area contributed by atoms with Crippen LogP contribution in [0.5, 0.6) is 0 Å². The lowest BCUT2D eigenvalue weighted by molar-refractivity contribution is 0.605. The van der Waals surface area contributed by atoms with Crippen LogP contribution in [0.15, 0.2) is 29.4 Å². The molecule has 0 aliphatic heterocycles. The fraction of sp³-hybridized carbons (Fsp3) is 0.333. The topological polar surface area (TPSA) is 48.8 Å². The van der Waals surface area contributed by atoms with Crippen LogP contribution in [0.2, 0.25) is 0 Å². The zero-order valence-corrected chi connectivity index (χ0v) is 7.15. The lowest BCUT2D eigenvalue weighted by Crippen LogP contribution is -1.91. The maximum atomic E-state index is 13.0. The molecule has 1 aromatic rings. The number of hydrogen-bond acceptors (Lipinski definition) is 1. The molecular formula is C9H10FN3. The zero-order valence-electron chi connectivity index (χ0n) is 7.15. The van der Waals surface area contributed by atoms with Gasteiger partial charge in [-0.3, -0.25) is 0 Å². The molecule has 0 N–H and O–H groups in total. The highest BCUT2D eigenvalue weighted by atomic mass is 19.1. The highest BCUT2D eigenvalue weighted by Gasteiger charge is 1.98. The van der Waals surface area contributed by atoms with Gasteiger partial charge < -0.3 is 0 Å². The minimum Gasteiger partial charge on any atom is -0.207 e. The molecule has 0 aromatic heterocycles. The minimum atomic E-state index is -0.191. The Morgan fingerprint density at radius 2 is 2.15 bits per heavy atom. The maximum absolute atomic E-state index is 13.0. The molecule has 0 amide bonds. The molecule has 3 nitrogen and oxygen atoms in total. The van der Waals surface area contributed by atoms with Crippen molar-refractivity contribution in [3.8, 4) is 0 Å². The molecule has 13 heavy (non-hydrogen) atoms. The Balaban J connectivity index is 2.45. The molecule has 0 atom stereocenters. The van der Waals surface area contributed by atoms with Gasteiger partial charge in [-0.15, -0.1) is 0 Å². The van der Waals surface area contributed by atoms with E-state index in [9.17, 15) is 4.39 Å². The van der Waals surface area contributed by atoms with Gasteiger partial charge in [-0.05, 0) is 30.0 Å². The number of halogens is 1. The summed E-state index contributed by atoms with van der Waals surface area (Å²) < 4.78 is 13.0. The van der Waals surface area contributed by atoms with Gasteiger partial charge in [-0.2, -0.15) is 0 Å². The molecule has 0 heterocycles. The van der Waals surface area contributed by atoms with E-state index >= 15 is 0 Å². The summed E-state index contributed by atoms with van der Waals surface area (Å²) in [5, 5.41) is 3.37. The van der Waals surface area contributed by atoms with Crippen molar-refractivity contribution in [2.24, 2.45) is 5.11 Å². The largest absolute Gasteiger partial charge is 0.207 e. The van der Waals surface area contributed by atoms with E-state index < -0.39 is 0 Å². The molecule has 0 saturated heterocycles. The predicted molar refractivity (Wildman–Crippen MR) is 48.7 cm³/mol. The summed E-state index contributed by atoms with van der Waals surface area (Å²) in [6, 6.07) is 6.63. The van der Waals surface area contributed by atoms with E-state index in [0.29, 0.717) is 24.9 Å². The number of azide groups is 1. The van der Waals surface area contributed by atoms with E-state index in [1.54, 1.807) is 18.2 Å². The van der Waals surface area contributed by atoms with Crippen molar-refractivity contribution in [2.75, 3.05) is 6.54 Å². The fourth-order valence-electron chi connectivity index (χ4n) is 1.09. The maximum Gasteiger partial charge on any atom is 0.126 e. The Kier molecular flexibility index (Phi) is 3.79. The Bertz CT molecular complexity index is 318. The van der Waals surface area contributed by atoms with Gasteiger partial charge in [0.1, 0.15) is 5.82 Å². The molecule has 0 aliphatic rings. The van der Waals surface area contributed by atoms with Gasteiger partial charge in [0.15, 0.2) is 0 Å². The second-order valence-electron chi connectivity index (χ2n) is 2.65. The molecule has 1 aromatic carbocycles. The molecular weight excluding hydrogens is 169 g/mol. The summed E-state index contributed by atoms with van der Waals surface area (Å²) in [6.45, 7) is 0.421. The quantitative estimate of drug-likeness (QED) is 0.295. The Hall–Kier alpha value is -1.54. The summed E-state index contributed by atoms with van der Waals surface area (Å²) >= 11 is 0. The molecule has 0 aliphatic carbocycles. The van der Waals surface area contributed by atoms with Crippen LogP contribution >= 0.6 is 0 Å². The van der Waals surface area contributed by atoms with Crippen LogP contribution in [-0.4, -0.2) is 6.54 Å². The predicted octanol–water partition coefficient (Wildman–Crippen LogP) is 3.07. The van der Waals surface area contributed by atoms with Crippen LogP contribution < -0.4 is 0 Å². The van der Waals surface area contributed by atoms with Crippen molar-refractivity contribution in [1.82, 2.24) is 0 Å². The van der Waals surface area contributed by atoms with Crippen LogP contribution in [0.1, 0.15) is 12.0 Å². The lowest BCUT2D eigenvalue weighted by Gasteiger charge is -1.99. The van der Waals surface area contributed by atoms with E-state index in [1.165, 1.54) is 6.07 Å². The minimum absolute atomic E-state index is 0.191. The smallest absolute Gasteiger partial charge is 0.126 e. The first-order valence-corrected chi connectivity index (χ1v) is 4.09. The van der Waals surface area contributed by atoms with Gasteiger partial charge in [-0.25, -0.2) is 4.39 Å². The number of nitrogens with zero attached hydrogens (tertiary/aromatic N) is 3. The van der Waals surface area contributed by atoms with E-state index in [4.69, 9.17) is 5.53 Å². The standard InChI is InChI=1S/C9H10FN3/c10-9-6-2-1-4-8(9)5-3-7-12-13-11/h1-2,4,6H,3,5,7H2. The van der Waals surface area contributed by atoms with Crippen LogP contribution in [0.4, 0.5) is 4.39 Å². The third-order valence-corrected chi connectivity index (χ3v) is 1.73. The molecule has 4 heteroatoms. The first-order chi connectivity index (χ1) is 6.34. The fourth-order valence-corrected chi connectivity index (χ4v) is 1.09. The van der Waals surface area contributed by atoms with Gasteiger partial charge in [0, 0.05) is 11.5 Å². The van der Waals surface area contributed by atoms with E-state index in [0.717, 1.165) is 0 Å². The van der Waals surface area contributed by atoms with Crippen LogP contribution in [0, 0.1) is 5.82 Å². The van der Waals surface area contributed by atoms with Crippen molar-refractivity contribution < 1.29 is 4.39 Å². The highest BCUT2D eigenvalue weighted by molar-refractivity contribution is 5.17. The molecule has 0 fully saturated rings. The number of hydrogen-bond donors (Lipinski definition) is 0. The lowest BCUT2D eigenvalue weighted by atomic mass is 10.1. The van der Waals surface area contributed by atoms with Gasteiger partial charge >= 0.3 is 0 Å². The monoisotopic (exact) mass is 179 g/mol. The Labute approximate surface area is 75.8 Å². The van der Waals surface area contributed by atoms with Gasteiger partial charge in [-0.1, -0.05) is 23.3 Å². The van der Waals surface area contributed by atoms with Gasteiger partial charge in [0.25, 0.3) is 0 Å². The van der Waals surface area contributed by atoms with Gasteiger partial charge in [0.2, 0.25) is 0 Å². The number of aryl methyl sites for hydroxylation is 1. The van der Waals surface area contributed by atoms with Crippen molar-refractivity contribution in [1.29, 1.82) is 0 Å². The van der Waals surface area contributed by atoms with Crippen molar-refractivity contribution in [3.05, 3.63) is 46.1 Å². The Morgan fingerprint density at radius 1 is 1.38 bits per heavy atom. The summed E-state index contributed by atoms with van der Waals surface area (Å²) in [5.74, 6) is -0.191. The summed E-state index contributed by atoms with van der Waals surface area (Å²) in [6.07, 6.45) is 1.30. The average Bonchev–Trinajstić information content (AvgIpc) is 2.15. The normalized spacial score (nSPS) is 9.31. The number of rotatable bonds is 4. The number of benzene rings is 1. The summed E-state index contributed by atoms with van der Waals surface area (Å²) in [5.41, 5.74) is 8.68. The third-order valence-electron chi connectivity index (χ3n) is 1.73. The van der Waals surface area contributed by atoms with E-state index in [1.807, 2.05) is 0 Å². The summed E-state index contributed by atoms with van der Waals surface area (Å²) in [7, 11) is 0. The molecule has 0 spiro atoms. The molecule has 0 saturated carbocycles. The van der Waals surface area contributed by atoms with Crippen LogP contribution in [0.25, 0.3) is 10.4 Å².